The third kappa shape index (κ3) is 2.90. The van der Waals surface area contributed by atoms with E-state index in [0.717, 1.165) is 11.3 Å². The average Bonchev–Trinajstić information content (AvgIpc) is 3.37. The third-order valence-electron chi connectivity index (χ3n) is 5.53. The minimum absolute atomic E-state index is 0.0841. The molecule has 142 valence electrons. The first-order valence-electron chi connectivity index (χ1n) is 9.70. The van der Waals surface area contributed by atoms with Crippen LogP contribution in [-0.2, 0) is 6.54 Å². The van der Waals surface area contributed by atoms with Crippen molar-refractivity contribution >= 4 is 11.3 Å². The summed E-state index contributed by atoms with van der Waals surface area (Å²) in [6.45, 7) is 0.706. The number of aromatic nitrogens is 7. The van der Waals surface area contributed by atoms with E-state index in [1.807, 2.05) is 24.3 Å². The van der Waals surface area contributed by atoms with Crippen LogP contribution >= 0.6 is 0 Å². The van der Waals surface area contributed by atoms with Gasteiger partial charge in [0, 0.05) is 24.5 Å². The maximum atomic E-state index is 13.3. The van der Waals surface area contributed by atoms with Crippen molar-refractivity contribution in [2.24, 2.45) is 5.92 Å². The third-order valence-corrected chi connectivity index (χ3v) is 5.53. The highest BCUT2D eigenvalue weighted by molar-refractivity contribution is 5.69. The van der Waals surface area contributed by atoms with Gasteiger partial charge in [-0.15, -0.1) is 0 Å². The fraction of sp³-hybridized carbons (Fsp3) is 0.350. The van der Waals surface area contributed by atoms with Crippen LogP contribution in [0.25, 0.3) is 28.4 Å². The Balaban J connectivity index is 1.57. The predicted molar refractivity (Wildman–Crippen MR) is 105 cm³/mol. The van der Waals surface area contributed by atoms with Crippen LogP contribution in [0.3, 0.4) is 0 Å². The van der Waals surface area contributed by atoms with Crippen molar-refractivity contribution < 1.29 is 0 Å². The lowest BCUT2D eigenvalue weighted by atomic mass is 9.89. The Morgan fingerprint density at radius 2 is 1.71 bits per heavy atom. The quantitative estimate of drug-likeness (QED) is 0.592. The monoisotopic (exact) mass is 375 g/mol. The molecule has 0 radical (unpaired) electrons. The molecular formula is C20H21N7O. The van der Waals surface area contributed by atoms with Gasteiger partial charge in [0.15, 0.2) is 17.1 Å². The molecule has 0 bridgehead atoms. The fourth-order valence-corrected chi connectivity index (χ4v) is 4.11. The zero-order valence-electron chi connectivity index (χ0n) is 15.5. The number of benzene rings is 1. The van der Waals surface area contributed by atoms with Crippen molar-refractivity contribution in [1.82, 2.24) is 34.3 Å². The van der Waals surface area contributed by atoms with E-state index < -0.39 is 0 Å². The first-order valence-corrected chi connectivity index (χ1v) is 9.70. The molecule has 0 unspecified atom stereocenters. The number of H-pyrrole nitrogens is 1. The van der Waals surface area contributed by atoms with Crippen LogP contribution < -0.4 is 5.69 Å². The molecule has 4 aromatic rings. The van der Waals surface area contributed by atoms with Gasteiger partial charge in [-0.05, 0) is 43.0 Å². The summed E-state index contributed by atoms with van der Waals surface area (Å²) in [4.78, 5) is 26.4. The highest BCUT2D eigenvalue weighted by Gasteiger charge is 2.21. The molecule has 1 aromatic carbocycles. The second kappa shape index (κ2) is 7.03. The van der Waals surface area contributed by atoms with Crippen LogP contribution in [-0.4, -0.2) is 34.3 Å². The fourth-order valence-electron chi connectivity index (χ4n) is 4.11. The van der Waals surface area contributed by atoms with Gasteiger partial charge in [-0.25, -0.2) is 24.3 Å². The molecule has 0 spiro atoms. The van der Waals surface area contributed by atoms with Crippen molar-refractivity contribution in [3.8, 4) is 17.1 Å². The first-order chi connectivity index (χ1) is 13.8. The number of hydrogen-bond acceptors (Lipinski definition) is 5. The van der Waals surface area contributed by atoms with E-state index in [2.05, 4.69) is 25.1 Å². The lowest BCUT2D eigenvalue weighted by molar-refractivity contribution is 0.318. The molecule has 28 heavy (non-hydrogen) atoms. The molecule has 1 fully saturated rings. The smallest absolute Gasteiger partial charge is 0.274 e. The molecular weight excluding hydrogens is 354 g/mol. The molecule has 1 aliphatic rings. The lowest BCUT2D eigenvalue weighted by Gasteiger charge is -2.21. The standard InChI is InChI=1S/C20H21N7O/c28-20-26(12-14-4-2-1-3-5-14)18-19(22-11-10-21-18)27(20)16-8-6-15(7-9-16)17-23-13-24-25-17/h6-11,13-14H,1-5,12H2,(H,23,24,25). The van der Waals surface area contributed by atoms with Gasteiger partial charge in [0.2, 0.25) is 0 Å². The van der Waals surface area contributed by atoms with Gasteiger partial charge in [-0.3, -0.25) is 9.67 Å². The van der Waals surface area contributed by atoms with Crippen LogP contribution in [0.5, 0.6) is 0 Å². The average molecular weight is 375 g/mol. The summed E-state index contributed by atoms with van der Waals surface area (Å²) >= 11 is 0. The van der Waals surface area contributed by atoms with Crippen LogP contribution in [0.4, 0.5) is 0 Å². The van der Waals surface area contributed by atoms with Gasteiger partial charge in [-0.1, -0.05) is 19.3 Å². The van der Waals surface area contributed by atoms with Gasteiger partial charge < -0.3 is 0 Å². The van der Waals surface area contributed by atoms with Crippen molar-refractivity contribution in [3.63, 3.8) is 0 Å². The van der Waals surface area contributed by atoms with Crippen LogP contribution in [0.2, 0.25) is 0 Å². The molecule has 1 aliphatic carbocycles. The van der Waals surface area contributed by atoms with E-state index in [0.29, 0.717) is 29.6 Å². The van der Waals surface area contributed by atoms with E-state index in [1.165, 1.54) is 38.4 Å². The summed E-state index contributed by atoms with van der Waals surface area (Å²) in [6.07, 6.45) is 10.9. The number of nitrogens with one attached hydrogen (secondary N) is 1. The molecule has 1 N–H and O–H groups in total. The van der Waals surface area contributed by atoms with Gasteiger partial charge >= 0.3 is 5.69 Å². The number of imidazole rings is 1. The largest absolute Gasteiger partial charge is 0.336 e. The molecule has 3 aromatic heterocycles. The van der Waals surface area contributed by atoms with Gasteiger partial charge in [0.25, 0.3) is 0 Å². The Kier molecular flexibility index (Phi) is 4.23. The van der Waals surface area contributed by atoms with Crippen molar-refractivity contribution in [2.45, 2.75) is 38.6 Å². The van der Waals surface area contributed by atoms with Gasteiger partial charge in [0.1, 0.15) is 6.33 Å². The lowest BCUT2D eigenvalue weighted by Crippen LogP contribution is -2.27. The molecule has 5 rings (SSSR count). The van der Waals surface area contributed by atoms with Crippen molar-refractivity contribution in [2.75, 3.05) is 0 Å². The molecule has 0 amide bonds. The van der Waals surface area contributed by atoms with E-state index in [-0.39, 0.29) is 5.69 Å². The second-order valence-electron chi connectivity index (χ2n) is 7.32. The van der Waals surface area contributed by atoms with E-state index >= 15 is 0 Å². The van der Waals surface area contributed by atoms with Gasteiger partial charge in [0.05, 0.1) is 5.69 Å². The number of rotatable bonds is 4. The number of nitrogens with zero attached hydrogens (tertiary/aromatic N) is 6. The van der Waals surface area contributed by atoms with Crippen LogP contribution in [0.1, 0.15) is 32.1 Å². The van der Waals surface area contributed by atoms with E-state index in [4.69, 9.17) is 0 Å². The molecule has 0 atom stereocenters. The summed E-state index contributed by atoms with van der Waals surface area (Å²) in [5.41, 5.74) is 2.83. The predicted octanol–water partition coefficient (Wildman–Crippen LogP) is 2.95. The maximum Gasteiger partial charge on any atom is 0.336 e. The summed E-state index contributed by atoms with van der Waals surface area (Å²) in [6, 6.07) is 7.64. The summed E-state index contributed by atoms with van der Waals surface area (Å²) in [5, 5.41) is 6.73. The molecule has 3 heterocycles. The Morgan fingerprint density at radius 1 is 0.964 bits per heavy atom. The Morgan fingerprint density at radius 3 is 2.43 bits per heavy atom. The normalized spacial score (nSPS) is 15.3. The summed E-state index contributed by atoms with van der Waals surface area (Å²) in [5.74, 6) is 1.22. The molecule has 8 nitrogen and oxygen atoms in total. The Labute approximate surface area is 161 Å². The van der Waals surface area contributed by atoms with Crippen LogP contribution in [0, 0.1) is 5.92 Å². The molecule has 0 aliphatic heterocycles. The maximum absolute atomic E-state index is 13.3. The molecule has 8 heteroatoms. The topological polar surface area (TPSA) is 94.3 Å². The number of aromatic amines is 1. The number of hydrogen-bond donors (Lipinski definition) is 1. The van der Waals surface area contributed by atoms with Crippen LogP contribution in [0.15, 0.2) is 47.8 Å². The second-order valence-corrected chi connectivity index (χ2v) is 7.32. The van der Waals surface area contributed by atoms with Crippen molar-refractivity contribution in [3.05, 3.63) is 53.5 Å². The SMILES string of the molecule is O=c1n(CC2CCCCC2)c2nccnc2n1-c1ccc(-c2ncn[nH]2)cc1. The minimum atomic E-state index is -0.0841. The Hall–Kier alpha value is -3.29. The van der Waals surface area contributed by atoms with E-state index in [9.17, 15) is 4.79 Å². The highest BCUT2D eigenvalue weighted by atomic mass is 16.1. The van der Waals surface area contributed by atoms with Gasteiger partial charge in [-0.2, -0.15) is 5.10 Å². The summed E-state index contributed by atoms with van der Waals surface area (Å²) in [7, 11) is 0. The zero-order valence-corrected chi connectivity index (χ0v) is 15.5. The van der Waals surface area contributed by atoms with E-state index in [1.54, 1.807) is 21.5 Å². The Bertz CT molecular complexity index is 1140. The molecule has 1 saturated carbocycles. The highest BCUT2D eigenvalue weighted by Crippen LogP contribution is 2.26. The first kappa shape index (κ1) is 16.9. The molecule has 0 saturated heterocycles. The summed E-state index contributed by atoms with van der Waals surface area (Å²) < 4.78 is 3.44. The number of fused-ring (bicyclic) bond motifs is 1. The van der Waals surface area contributed by atoms with Crippen molar-refractivity contribution in [1.29, 1.82) is 0 Å². The minimum Gasteiger partial charge on any atom is -0.274 e. The zero-order chi connectivity index (χ0) is 18.9.